The van der Waals surface area contributed by atoms with Crippen LogP contribution in [0.15, 0.2) is 0 Å². The monoisotopic (exact) mass is 227 g/mol. The molecule has 90 valence electrons. The van der Waals surface area contributed by atoms with Crippen LogP contribution in [0.4, 0.5) is 0 Å². The second-order valence-electron chi connectivity index (χ2n) is 3.44. The number of carbonyl (C=O) groups excluding carboxylic acids is 1. The van der Waals surface area contributed by atoms with Crippen LogP contribution in [0.5, 0.6) is 0 Å². The molecule has 0 fully saturated rings. The molecule has 0 atom stereocenters. The maximum atomic E-state index is 11.0. The molecule has 0 saturated carbocycles. The molecule has 0 aliphatic rings. The van der Waals surface area contributed by atoms with Crippen molar-refractivity contribution >= 4 is 11.9 Å². The Bertz CT molecular complexity index is 257. The highest BCUT2D eigenvalue weighted by Gasteiger charge is 2.04. The highest BCUT2D eigenvalue weighted by molar-refractivity contribution is 5.71. The molecular formula is C11H17NO4. The number of hydrogen-bond acceptors (Lipinski definition) is 4. The van der Waals surface area contributed by atoms with Crippen molar-refractivity contribution in [3.63, 3.8) is 0 Å². The summed E-state index contributed by atoms with van der Waals surface area (Å²) < 4.78 is 4.89. The summed E-state index contributed by atoms with van der Waals surface area (Å²) >= 11 is 0. The largest absolute Gasteiger partial charge is 0.481 e. The smallest absolute Gasteiger partial charge is 0.305 e. The number of ether oxygens (including phenoxy) is 1. The molecule has 0 saturated heterocycles. The molecule has 5 heteroatoms. The van der Waals surface area contributed by atoms with E-state index in [1.165, 1.54) is 0 Å². The fourth-order valence-corrected chi connectivity index (χ4v) is 1.13. The first kappa shape index (κ1) is 14.4. The van der Waals surface area contributed by atoms with Crippen molar-refractivity contribution in [2.45, 2.75) is 44.9 Å². The molecule has 0 aliphatic heterocycles. The van der Waals surface area contributed by atoms with Gasteiger partial charge in [0.05, 0.1) is 12.7 Å². The second-order valence-corrected chi connectivity index (χ2v) is 3.44. The zero-order chi connectivity index (χ0) is 12.2. The normalized spacial score (nSPS) is 9.44. The van der Waals surface area contributed by atoms with Crippen molar-refractivity contribution in [1.29, 1.82) is 5.26 Å². The standard InChI is InChI=1S/C11H17NO4/c12-8-3-1-2-4-9-16-11(15)7-5-6-10(13)14/h1-7,9H2,(H,13,14). The number of rotatable bonds is 9. The summed E-state index contributed by atoms with van der Waals surface area (Å²) in [4.78, 5) is 21.2. The highest BCUT2D eigenvalue weighted by atomic mass is 16.5. The number of aliphatic carboxylic acids is 1. The molecule has 0 aromatic carbocycles. The Hall–Kier alpha value is -1.57. The Labute approximate surface area is 95.0 Å². The summed E-state index contributed by atoms with van der Waals surface area (Å²) in [5.74, 6) is -1.24. The van der Waals surface area contributed by atoms with Gasteiger partial charge in [-0.1, -0.05) is 0 Å². The third-order valence-corrected chi connectivity index (χ3v) is 1.97. The molecule has 16 heavy (non-hydrogen) atoms. The van der Waals surface area contributed by atoms with Gasteiger partial charge < -0.3 is 9.84 Å². The molecule has 0 rings (SSSR count). The first-order chi connectivity index (χ1) is 7.66. The van der Waals surface area contributed by atoms with Gasteiger partial charge in [-0.2, -0.15) is 5.26 Å². The van der Waals surface area contributed by atoms with Crippen LogP contribution in [0, 0.1) is 11.3 Å². The van der Waals surface area contributed by atoms with Gasteiger partial charge >= 0.3 is 11.9 Å². The van der Waals surface area contributed by atoms with E-state index in [-0.39, 0.29) is 18.8 Å². The maximum Gasteiger partial charge on any atom is 0.305 e. The van der Waals surface area contributed by atoms with E-state index in [9.17, 15) is 9.59 Å². The van der Waals surface area contributed by atoms with Crippen LogP contribution < -0.4 is 0 Å². The maximum absolute atomic E-state index is 11.0. The Balaban J connectivity index is 3.24. The number of carboxylic acids is 1. The number of esters is 1. The third kappa shape index (κ3) is 10.5. The number of carboxylic acid groups (broad SMARTS) is 1. The Morgan fingerprint density at radius 1 is 1.12 bits per heavy atom. The molecular weight excluding hydrogens is 210 g/mol. The van der Waals surface area contributed by atoms with Gasteiger partial charge in [-0.3, -0.25) is 9.59 Å². The van der Waals surface area contributed by atoms with E-state index in [2.05, 4.69) is 0 Å². The average Bonchev–Trinajstić information content (AvgIpc) is 2.22. The topological polar surface area (TPSA) is 87.4 Å². The molecule has 0 amide bonds. The van der Waals surface area contributed by atoms with Crippen LogP contribution >= 0.6 is 0 Å². The van der Waals surface area contributed by atoms with E-state index in [1.54, 1.807) is 0 Å². The van der Waals surface area contributed by atoms with Crippen molar-refractivity contribution in [2.75, 3.05) is 6.61 Å². The minimum atomic E-state index is -0.899. The first-order valence-corrected chi connectivity index (χ1v) is 5.41. The zero-order valence-corrected chi connectivity index (χ0v) is 9.28. The molecule has 0 spiro atoms. The minimum Gasteiger partial charge on any atom is -0.481 e. The number of unbranched alkanes of at least 4 members (excludes halogenated alkanes) is 3. The van der Waals surface area contributed by atoms with Crippen molar-refractivity contribution in [3.8, 4) is 6.07 Å². The van der Waals surface area contributed by atoms with Gasteiger partial charge in [-0.15, -0.1) is 0 Å². The Morgan fingerprint density at radius 2 is 1.88 bits per heavy atom. The van der Waals surface area contributed by atoms with Crippen molar-refractivity contribution in [2.24, 2.45) is 0 Å². The molecule has 0 aliphatic carbocycles. The predicted octanol–water partition coefficient (Wildman–Crippen LogP) is 1.87. The van der Waals surface area contributed by atoms with Crippen LogP contribution in [-0.2, 0) is 14.3 Å². The summed E-state index contributed by atoms with van der Waals surface area (Å²) in [7, 11) is 0. The van der Waals surface area contributed by atoms with Crippen molar-refractivity contribution in [3.05, 3.63) is 0 Å². The Kier molecular flexibility index (Phi) is 8.99. The number of hydrogen-bond donors (Lipinski definition) is 1. The summed E-state index contributed by atoms with van der Waals surface area (Å²) in [6.45, 7) is 0.358. The van der Waals surface area contributed by atoms with Gasteiger partial charge in [0, 0.05) is 19.3 Å². The zero-order valence-electron chi connectivity index (χ0n) is 9.28. The van der Waals surface area contributed by atoms with E-state index in [0.717, 1.165) is 19.3 Å². The summed E-state index contributed by atoms with van der Waals surface area (Å²) in [6, 6.07) is 2.04. The second kappa shape index (κ2) is 9.97. The van der Waals surface area contributed by atoms with Gasteiger partial charge in [0.1, 0.15) is 0 Å². The van der Waals surface area contributed by atoms with Crippen LogP contribution in [0.3, 0.4) is 0 Å². The summed E-state index contributed by atoms with van der Waals surface area (Å²) in [6.07, 6.45) is 3.46. The first-order valence-electron chi connectivity index (χ1n) is 5.41. The lowest BCUT2D eigenvalue weighted by molar-refractivity contribution is -0.144. The van der Waals surface area contributed by atoms with E-state index >= 15 is 0 Å². The van der Waals surface area contributed by atoms with Crippen LogP contribution in [0.25, 0.3) is 0 Å². The van der Waals surface area contributed by atoms with Crippen LogP contribution in [0.1, 0.15) is 44.9 Å². The number of carbonyl (C=O) groups is 2. The third-order valence-electron chi connectivity index (χ3n) is 1.97. The molecule has 0 aromatic rings. The molecule has 1 N–H and O–H groups in total. The van der Waals surface area contributed by atoms with E-state index in [1.807, 2.05) is 6.07 Å². The fraction of sp³-hybridized carbons (Fsp3) is 0.727. The lowest BCUT2D eigenvalue weighted by Crippen LogP contribution is -2.06. The van der Waals surface area contributed by atoms with E-state index < -0.39 is 5.97 Å². The summed E-state index contributed by atoms with van der Waals surface area (Å²) in [5.41, 5.74) is 0. The van der Waals surface area contributed by atoms with Gasteiger partial charge in [0.25, 0.3) is 0 Å². The summed E-state index contributed by atoms with van der Waals surface area (Å²) in [5, 5.41) is 16.6. The number of nitrogens with zero attached hydrogens (tertiary/aromatic N) is 1. The van der Waals surface area contributed by atoms with Gasteiger partial charge in [-0.05, 0) is 25.7 Å². The van der Waals surface area contributed by atoms with E-state index in [4.69, 9.17) is 15.1 Å². The molecule has 0 radical (unpaired) electrons. The van der Waals surface area contributed by atoms with E-state index in [0.29, 0.717) is 19.4 Å². The van der Waals surface area contributed by atoms with Gasteiger partial charge in [0.2, 0.25) is 0 Å². The predicted molar refractivity (Wildman–Crippen MR) is 56.5 cm³/mol. The molecule has 0 bridgehead atoms. The minimum absolute atomic E-state index is 0.00271. The van der Waals surface area contributed by atoms with Crippen molar-refractivity contribution in [1.82, 2.24) is 0 Å². The highest BCUT2D eigenvalue weighted by Crippen LogP contribution is 2.01. The molecule has 5 nitrogen and oxygen atoms in total. The van der Waals surface area contributed by atoms with Crippen LogP contribution in [-0.4, -0.2) is 23.7 Å². The van der Waals surface area contributed by atoms with Gasteiger partial charge in [-0.25, -0.2) is 0 Å². The van der Waals surface area contributed by atoms with Crippen LogP contribution in [0.2, 0.25) is 0 Å². The lowest BCUT2D eigenvalue weighted by atomic mass is 10.2. The molecule has 0 unspecified atom stereocenters. The quantitative estimate of drug-likeness (QED) is 0.480. The lowest BCUT2D eigenvalue weighted by Gasteiger charge is -2.03. The van der Waals surface area contributed by atoms with Gasteiger partial charge in [0.15, 0.2) is 0 Å². The fourth-order valence-electron chi connectivity index (χ4n) is 1.13. The van der Waals surface area contributed by atoms with Crippen molar-refractivity contribution < 1.29 is 19.4 Å². The average molecular weight is 227 g/mol. The molecule has 0 aromatic heterocycles. The Morgan fingerprint density at radius 3 is 2.50 bits per heavy atom. The molecule has 0 heterocycles. The number of nitriles is 1. The SMILES string of the molecule is N#CCCCCCOC(=O)CCCC(=O)O.